The lowest BCUT2D eigenvalue weighted by molar-refractivity contribution is 0.506. The van der Waals surface area contributed by atoms with Crippen molar-refractivity contribution < 1.29 is 0 Å². The first-order valence-electron chi connectivity index (χ1n) is 9.04. The van der Waals surface area contributed by atoms with Crippen molar-refractivity contribution in [3.63, 3.8) is 0 Å². The lowest BCUT2D eigenvalue weighted by Crippen LogP contribution is -2.43. The minimum Gasteiger partial charge on any atom is -0.383 e. The normalized spacial score (nSPS) is 18.5. The van der Waals surface area contributed by atoms with E-state index in [-0.39, 0.29) is 6.04 Å². The number of piperidine rings is 1. The number of halogens is 1. The standard InChI is InChI=1S/C18H28BrN5/c1-3-12(4-2)8-21-15-10-23-18-16(15)17(14(19)9-22-18)24-7-5-6-13(20)11-24/h9-10,12-13,21H,3-8,11,20H2,1-2H3,(H,22,23)/t13-/m1/s1. The van der Waals surface area contributed by atoms with E-state index in [9.17, 15) is 0 Å². The van der Waals surface area contributed by atoms with Crippen LogP contribution in [0.5, 0.6) is 0 Å². The molecule has 1 fully saturated rings. The Morgan fingerprint density at radius 2 is 2.25 bits per heavy atom. The quantitative estimate of drug-likeness (QED) is 0.690. The number of H-pyrrole nitrogens is 1. The van der Waals surface area contributed by atoms with Crippen LogP contribution in [0.3, 0.4) is 0 Å². The maximum atomic E-state index is 6.21. The molecule has 3 heterocycles. The first kappa shape index (κ1) is 17.5. The summed E-state index contributed by atoms with van der Waals surface area (Å²) in [6, 6.07) is 0.244. The molecule has 0 unspecified atom stereocenters. The lowest BCUT2D eigenvalue weighted by Gasteiger charge is -2.33. The second-order valence-electron chi connectivity index (χ2n) is 6.79. The zero-order valence-corrected chi connectivity index (χ0v) is 16.2. The minimum atomic E-state index is 0.244. The molecule has 1 aliphatic heterocycles. The molecule has 5 nitrogen and oxygen atoms in total. The maximum Gasteiger partial charge on any atom is 0.141 e. The van der Waals surface area contributed by atoms with Crippen LogP contribution in [0.4, 0.5) is 11.4 Å². The smallest absolute Gasteiger partial charge is 0.141 e. The van der Waals surface area contributed by atoms with Gasteiger partial charge >= 0.3 is 0 Å². The maximum absolute atomic E-state index is 6.21. The Morgan fingerprint density at radius 3 is 2.96 bits per heavy atom. The van der Waals surface area contributed by atoms with Crippen LogP contribution in [0.25, 0.3) is 11.0 Å². The third-order valence-corrected chi connectivity index (χ3v) is 5.72. The Kier molecular flexibility index (Phi) is 5.66. The summed E-state index contributed by atoms with van der Waals surface area (Å²) in [4.78, 5) is 10.3. The molecule has 0 spiro atoms. The average Bonchev–Trinajstić information content (AvgIpc) is 2.99. The Balaban J connectivity index is 1.95. The van der Waals surface area contributed by atoms with Crippen molar-refractivity contribution in [3.05, 3.63) is 16.9 Å². The molecule has 1 aliphatic rings. The molecule has 1 saturated heterocycles. The van der Waals surface area contributed by atoms with E-state index >= 15 is 0 Å². The molecule has 132 valence electrons. The molecule has 1 atom stereocenters. The average molecular weight is 394 g/mol. The van der Waals surface area contributed by atoms with Crippen LogP contribution in [0.15, 0.2) is 16.9 Å². The van der Waals surface area contributed by atoms with Gasteiger partial charge in [-0.3, -0.25) is 0 Å². The number of rotatable bonds is 6. The number of aromatic amines is 1. The van der Waals surface area contributed by atoms with Crippen molar-refractivity contribution in [3.8, 4) is 0 Å². The summed E-state index contributed by atoms with van der Waals surface area (Å²) in [5, 5.41) is 4.81. The van der Waals surface area contributed by atoms with Crippen LogP contribution >= 0.6 is 15.9 Å². The third-order valence-electron chi connectivity index (χ3n) is 5.14. The van der Waals surface area contributed by atoms with E-state index in [4.69, 9.17) is 5.73 Å². The summed E-state index contributed by atoms with van der Waals surface area (Å²) in [6.07, 6.45) is 8.57. The second kappa shape index (κ2) is 7.74. The van der Waals surface area contributed by atoms with Gasteiger partial charge in [-0.2, -0.15) is 0 Å². The highest BCUT2D eigenvalue weighted by Gasteiger charge is 2.23. The van der Waals surface area contributed by atoms with Crippen molar-refractivity contribution in [2.75, 3.05) is 29.9 Å². The molecule has 24 heavy (non-hydrogen) atoms. The number of anilines is 2. The number of nitrogens with zero attached hydrogens (tertiary/aromatic N) is 2. The largest absolute Gasteiger partial charge is 0.383 e. The summed E-state index contributed by atoms with van der Waals surface area (Å²) in [5.41, 5.74) is 9.49. The molecular weight excluding hydrogens is 366 g/mol. The Bertz CT molecular complexity index is 679. The van der Waals surface area contributed by atoms with Crippen LogP contribution in [0.1, 0.15) is 39.5 Å². The first-order valence-corrected chi connectivity index (χ1v) is 9.83. The van der Waals surface area contributed by atoms with Gasteiger partial charge in [0.25, 0.3) is 0 Å². The zero-order chi connectivity index (χ0) is 17.1. The van der Waals surface area contributed by atoms with E-state index in [1.807, 2.05) is 12.4 Å². The molecule has 0 amide bonds. The number of hydrogen-bond acceptors (Lipinski definition) is 4. The van der Waals surface area contributed by atoms with Gasteiger partial charge in [0.1, 0.15) is 5.65 Å². The van der Waals surface area contributed by atoms with Gasteiger partial charge in [-0.15, -0.1) is 0 Å². The van der Waals surface area contributed by atoms with E-state index < -0.39 is 0 Å². The summed E-state index contributed by atoms with van der Waals surface area (Å²) >= 11 is 3.71. The van der Waals surface area contributed by atoms with E-state index in [1.165, 1.54) is 23.9 Å². The van der Waals surface area contributed by atoms with Gasteiger partial charge in [-0.1, -0.05) is 26.7 Å². The molecule has 2 aromatic heterocycles. The number of hydrogen-bond donors (Lipinski definition) is 3. The molecule has 4 N–H and O–H groups in total. The van der Waals surface area contributed by atoms with Gasteiger partial charge < -0.3 is 20.9 Å². The lowest BCUT2D eigenvalue weighted by atomic mass is 10.0. The van der Waals surface area contributed by atoms with Crippen molar-refractivity contribution in [2.45, 2.75) is 45.6 Å². The topological polar surface area (TPSA) is 70.0 Å². The molecular formula is C18H28BrN5. The van der Waals surface area contributed by atoms with E-state index in [2.05, 4.69) is 50.0 Å². The third kappa shape index (κ3) is 3.54. The highest BCUT2D eigenvalue weighted by molar-refractivity contribution is 9.10. The van der Waals surface area contributed by atoms with Crippen LogP contribution in [0.2, 0.25) is 0 Å². The molecule has 0 aromatic carbocycles. The minimum absolute atomic E-state index is 0.244. The second-order valence-corrected chi connectivity index (χ2v) is 7.65. The molecule has 6 heteroatoms. The summed E-state index contributed by atoms with van der Waals surface area (Å²) in [5.74, 6) is 0.696. The zero-order valence-electron chi connectivity index (χ0n) is 14.6. The Morgan fingerprint density at radius 1 is 1.46 bits per heavy atom. The van der Waals surface area contributed by atoms with Crippen molar-refractivity contribution in [2.24, 2.45) is 11.7 Å². The van der Waals surface area contributed by atoms with Crippen LogP contribution in [0, 0.1) is 5.92 Å². The summed E-state index contributed by atoms with van der Waals surface area (Å²) < 4.78 is 1.04. The van der Waals surface area contributed by atoms with Gasteiger partial charge in [0.2, 0.25) is 0 Å². The fraction of sp³-hybridized carbons (Fsp3) is 0.611. The molecule has 0 bridgehead atoms. The highest BCUT2D eigenvalue weighted by Crippen LogP contribution is 2.38. The number of pyridine rings is 1. The van der Waals surface area contributed by atoms with Crippen molar-refractivity contribution >= 4 is 38.3 Å². The van der Waals surface area contributed by atoms with Gasteiger partial charge in [-0.25, -0.2) is 4.98 Å². The van der Waals surface area contributed by atoms with Crippen LogP contribution < -0.4 is 16.0 Å². The number of aromatic nitrogens is 2. The van der Waals surface area contributed by atoms with Crippen molar-refractivity contribution in [1.82, 2.24) is 9.97 Å². The molecule has 3 rings (SSSR count). The molecule has 0 aliphatic carbocycles. The van der Waals surface area contributed by atoms with Gasteiger partial charge in [0.15, 0.2) is 0 Å². The predicted molar refractivity (Wildman–Crippen MR) is 106 cm³/mol. The molecule has 0 saturated carbocycles. The molecule has 0 radical (unpaired) electrons. The fourth-order valence-electron chi connectivity index (χ4n) is 3.55. The van der Waals surface area contributed by atoms with Gasteiger partial charge in [0.05, 0.1) is 21.2 Å². The first-order chi connectivity index (χ1) is 11.6. The van der Waals surface area contributed by atoms with E-state index in [0.717, 1.165) is 48.3 Å². The monoisotopic (exact) mass is 393 g/mol. The van der Waals surface area contributed by atoms with Crippen molar-refractivity contribution in [1.29, 1.82) is 0 Å². The SMILES string of the molecule is CCC(CC)CNc1c[nH]c2ncc(Br)c(N3CCC[C@@H](N)C3)c12. The highest BCUT2D eigenvalue weighted by atomic mass is 79.9. The summed E-state index contributed by atoms with van der Waals surface area (Å²) in [7, 11) is 0. The molecule has 2 aromatic rings. The van der Waals surface area contributed by atoms with Crippen LogP contribution in [-0.4, -0.2) is 35.6 Å². The Labute approximate surface area is 152 Å². The predicted octanol–water partition coefficient (Wildman–Crippen LogP) is 4.10. The number of nitrogens with one attached hydrogen (secondary N) is 2. The Hall–Kier alpha value is -1.27. The summed E-state index contributed by atoms with van der Waals surface area (Å²) in [6.45, 7) is 7.44. The number of fused-ring (bicyclic) bond motifs is 1. The van der Waals surface area contributed by atoms with Gasteiger partial charge in [-0.05, 0) is 34.7 Å². The van der Waals surface area contributed by atoms with Gasteiger partial charge in [0, 0.05) is 38.1 Å². The fourth-order valence-corrected chi connectivity index (χ4v) is 4.10. The van der Waals surface area contributed by atoms with E-state index in [1.54, 1.807) is 0 Å². The number of nitrogens with two attached hydrogens (primary N) is 1. The van der Waals surface area contributed by atoms with E-state index in [0.29, 0.717) is 5.92 Å². The van der Waals surface area contributed by atoms with Crippen LogP contribution in [-0.2, 0) is 0 Å².